The average molecular weight is 167 g/mol. The molecule has 1 saturated heterocycles. The third-order valence-corrected chi connectivity index (χ3v) is 4.01. The molecule has 1 unspecified atom stereocenters. The molecule has 0 radical (unpaired) electrons. The Hall–Kier alpha value is -0.0400. The van der Waals surface area contributed by atoms with E-state index in [0.29, 0.717) is 0 Å². The van der Waals surface area contributed by atoms with E-state index in [2.05, 4.69) is 12.2 Å². The van der Waals surface area contributed by atoms with Crippen LogP contribution in [0.1, 0.15) is 51.9 Å². The Labute approximate surface area is 75.9 Å². The molecule has 1 heteroatoms. The topological polar surface area (TPSA) is 12.0 Å². The summed E-state index contributed by atoms with van der Waals surface area (Å²) >= 11 is 0. The summed E-state index contributed by atoms with van der Waals surface area (Å²) in [5.41, 5.74) is 0.729. The van der Waals surface area contributed by atoms with Gasteiger partial charge in [0.2, 0.25) is 0 Å². The van der Waals surface area contributed by atoms with Crippen molar-refractivity contribution in [3.8, 4) is 0 Å². The van der Waals surface area contributed by atoms with Crippen molar-refractivity contribution in [1.29, 1.82) is 0 Å². The largest absolute Gasteiger partial charge is 0.313 e. The molecule has 1 nitrogen and oxygen atoms in total. The van der Waals surface area contributed by atoms with Crippen molar-refractivity contribution in [2.75, 3.05) is 6.54 Å². The van der Waals surface area contributed by atoms with Crippen molar-refractivity contribution in [3.05, 3.63) is 0 Å². The predicted molar refractivity (Wildman–Crippen MR) is 52.2 cm³/mol. The molecule has 2 rings (SSSR count). The molecule has 1 aliphatic heterocycles. The maximum atomic E-state index is 3.67. The van der Waals surface area contributed by atoms with Gasteiger partial charge in [-0.05, 0) is 37.6 Å². The van der Waals surface area contributed by atoms with Gasteiger partial charge in [-0.25, -0.2) is 0 Å². The van der Waals surface area contributed by atoms with Crippen LogP contribution >= 0.6 is 0 Å². The third kappa shape index (κ3) is 1.28. The highest BCUT2D eigenvalue weighted by Crippen LogP contribution is 2.45. The van der Waals surface area contributed by atoms with Crippen molar-refractivity contribution >= 4 is 0 Å². The quantitative estimate of drug-likeness (QED) is 0.633. The summed E-state index contributed by atoms with van der Waals surface area (Å²) in [4.78, 5) is 0. The highest BCUT2D eigenvalue weighted by Gasteiger charge is 2.41. The second-order valence-electron chi connectivity index (χ2n) is 4.59. The fraction of sp³-hybridized carbons (Fsp3) is 1.00. The fourth-order valence-electron chi connectivity index (χ4n) is 3.32. The molecule has 1 atom stereocenters. The molecule has 0 aromatic carbocycles. The summed E-state index contributed by atoms with van der Waals surface area (Å²) in [5.74, 6) is 0. The Morgan fingerprint density at radius 2 is 1.92 bits per heavy atom. The number of nitrogens with one attached hydrogen (secondary N) is 1. The number of rotatable bonds is 1. The molecular weight excluding hydrogens is 146 g/mol. The summed E-state index contributed by atoms with van der Waals surface area (Å²) in [6.07, 6.45) is 10.2. The van der Waals surface area contributed by atoms with Gasteiger partial charge in [-0.2, -0.15) is 0 Å². The molecule has 0 aromatic rings. The van der Waals surface area contributed by atoms with Crippen molar-refractivity contribution in [3.63, 3.8) is 0 Å². The van der Waals surface area contributed by atoms with Crippen LogP contribution in [-0.4, -0.2) is 12.6 Å². The van der Waals surface area contributed by atoms with Crippen molar-refractivity contribution in [2.45, 2.75) is 57.9 Å². The van der Waals surface area contributed by atoms with Crippen LogP contribution in [-0.2, 0) is 0 Å². The van der Waals surface area contributed by atoms with Gasteiger partial charge in [0.1, 0.15) is 0 Å². The molecule has 1 N–H and O–H groups in total. The maximum Gasteiger partial charge on any atom is 0.0121 e. The first-order chi connectivity index (χ1) is 5.87. The second-order valence-corrected chi connectivity index (χ2v) is 4.59. The molecular formula is C11H21N. The van der Waals surface area contributed by atoms with E-state index in [0.717, 1.165) is 11.5 Å². The molecule has 0 amide bonds. The maximum absolute atomic E-state index is 3.67. The van der Waals surface area contributed by atoms with E-state index in [-0.39, 0.29) is 0 Å². The zero-order valence-corrected chi connectivity index (χ0v) is 8.23. The van der Waals surface area contributed by atoms with Crippen LogP contribution in [0.25, 0.3) is 0 Å². The first kappa shape index (κ1) is 8.55. The highest BCUT2D eigenvalue weighted by atomic mass is 15.0. The smallest absolute Gasteiger partial charge is 0.0121 e. The van der Waals surface area contributed by atoms with E-state index in [4.69, 9.17) is 0 Å². The first-order valence-corrected chi connectivity index (χ1v) is 5.61. The minimum absolute atomic E-state index is 0.729. The van der Waals surface area contributed by atoms with Gasteiger partial charge in [0, 0.05) is 6.04 Å². The van der Waals surface area contributed by atoms with E-state index in [9.17, 15) is 0 Å². The van der Waals surface area contributed by atoms with Gasteiger partial charge in [0.25, 0.3) is 0 Å². The van der Waals surface area contributed by atoms with E-state index in [1.54, 1.807) is 0 Å². The van der Waals surface area contributed by atoms with Gasteiger partial charge in [0.05, 0.1) is 0 Å². The van der Waals surface area contributed by atoms with Gasteiger partial charge in [-0.15, -0.1) is 0 Å². The summed E-state index contributed by atoms with van der Waals surface area (Å²) in [5, 5.41) is 3.67. The average Bonchev–Trinajstić information content (AvgIpc) is 2.49. The van der Waals surface area contributed by atoms with E-state index < -0.39 is 0 Å². The number of hydrogen-bond donors (Lipinski definition) is 1. The van der Waals surface area contributed by atoms with Gasteiger partial charge >= 0.3 is 0 Å². The minimum Gasteiger partial charge on any atom is -0.313 e. The Bertz CT molecular complexity index is 147. The van der Waals surface area contributed by atoms with E-state index in [1.807, 2.05) is 0 Å². The second kappa shape index (κ2) is 3.37. The van der Waals surface area contributed by atoms with Crippen LogP contribution in [0.2, 0.25) is 0 Å². The van der Waals surface area contributed by atoms with Gasteiger partial charge in [-0.3, -0.25) is 0 Å². The molecule has 1 spiro atoms. The lowest BCUT2D eigenvalue weighted by atomic mass is 9.68. The Morgan fingerprint density at radius 1 is 1.17 bits per heavy atom. The zero-order valence-electron chi connectivity index (χ0n) is 8.23. The van der Waals surface area contributed by atoms with Crippen LogP contribution in [0.3, 0.4) is 0 Å². The van der Waals surface area contributed by atoms with Crippen LogP contribution in [0.15, 0.2) is 0 Å². The lowest BCUT2D eigenvalue weighted by molar-refractivity contribution is 0.161. The predicted octanol–water partition coefficient (Wildman–Crippen LogP) is 2.71. The number of hydrogen-bond acceptors (Lipinski definition) is 1. The summed E-state index contributed by atoms with van der Waals surface area (Å²) < 4.78 is 0. The van der Waals surface area contributed by atoms with Crippen LogP contribution < -0.4 is 5.32 Å². The van der Waals surface area contributed by atoms with Crippen molar-refractivity contribution < 1.29 is 0 Å². The third-order valence-electron chi connectivity index (χ3n) is 4.01. The minimum atomic E-state index is 0.729. The Balaban J connectivity index is 2.05. The van der Waals surface area contributed by atoms with Gasteiger partial charge in [0.15, 0.2) is 0 Å². The molecule has 1 saturated carbocycles. The van der Waals surface area contributed by atoms with Crippen molar-refractivity contribution in [2.24, 2.45) is 5.41 Å². The standard InChI is InChI=1S/C11H21N/c1-2-10-11(8-9-12-10)6-4-3-5-7-11/h10,12H,2-9H2,1H3. The molecule has 0 bridgehead atoms. The van der Waals surface area contributed by atoms with Crippen LogP contribution in [0.5, 0.6) is 0 Å². The monoisotopic (exact) mass is 167 g/mol. The Kier molecular flexibility index (Phi) is 2.40. The SMILES string of the molecule is CCC1NCCC12CCCCC2. The molecule has 2 aliphatic rings. The molecule has 1 aliphatic carbocycles. The lowest BCUT2D eigenvalue weighted by Gasteiger charge is -2.38. The normalized spacial score (nSPS) is 34.2. The fourth-order valence-corrected chi connectivity index (χ4v) is 3.32. The summed E-state index contributed by atoms with van der Waals surface area (Å²) in [6, 6.07) is 0.845. The van der Waals surface area contributed by atoms with Crippen LogP contribution in [0, 0.1) is 5.41 Å². The molecule has 12 heavy (non-hydrogen) atoms. The van der Waals surface area contributed by atoms with E-state index in [1.165, 1.54) is 51.5 Å². The van der Waals surface area contributed by atoms with Crippen molar-refractivity contribution in [1.82, 2.24) is 5.32 Å². The molecule has 0 aromatic heterocycles. The lowest BCUT2D eigenvalue weighted by Crippen LogP contribution is -2.37. The van der Waals surface area contributed by atoms with E-state index >= 15 is 0 Å². The first-order valence-electron chi connectivity index (χ1n) is 5.61. The van der Waals surface area contributed by atoms with Crippen LogP contribution in [0.4, 0.5) is 0 Å². The summed E-state index contributed by atoms with van der Waals surface area (Å²) in [7, 11) is 0. The zero-order chi connectivity index (χ0) is 8.44. The summed E-state index contributed by atoms with van der Waals surface area (Å²) in [6.45, 7) is 3.61. The molecule has 2 fully saturated rings. The molecule has 1 heterocycles. The molecule has 70 valence electrons. The highest BCUT2D eigenvalue weighted by molar-refractivity contribution is 4.97. The van der Waals surface area contributed by atoms with Gasteiger partial charge < -0.3 is 5.32 Å². The van der Waals surface area contributed by atoms with Gasteiger partial charge in [-0.1, -0.05) is 26.2 Å². The Morgan fingerprint density at radius 3 is 2.58 bits per heavy atom.